The minimum Gasteiger partial charge on any atom is -0.347 e. The Morgan fingerprint density at radius 2 is 1.77 bits per heavy atom. The average Bonchev–Trinajstić information content (AvgIpc) is 3.61. The SMILES string of the molecule is Cn1cc(C2=C(c3cn(CCCn4ccnc4)c4cc(Cl)ccc34)C(=O)NC2=O)c2cccnc21. The molecule has 35 heavy (non-hydrogen) atoms. The zero-order valence-corrected chi connectivity index (χ0v) is 19.7. The highest BCUT2D eigenvalue weighted by Gasteiger charge is 2.35. The molecule has 0 saturated heterocycles. The van der Waals surface area contributed by atoms with Crippen LogP contribution in [0.25, 0.3) is 33.1 Å². The van der Waals surface area contributed by atoms with Gasteiger partial charge in [-0.25, -0.2) is 9.97 Å². The lowest BCUT2D eigenvalue weighted by atomic mass is 9.96. The zero-order valence-electron chi connectivity index (χ0n) is 18.9. The Balaban J connectivity index is 1.51. The quantitative estimate of drug-likeness (QED) is 0.368. The van der Waals surface area contributed by atoms with Crippen LogP contribution in [-0.4, -0.2) is 35.5 Å². The summed E-state index contributed by atoms with van der Waals surface area (Å²) < 4.78 is 5.99. The number of imidazole rings is 1. The number of amides is 2. The van der Waals surface area contributed by atoms with Gasteiger partial charge in [0.25, 0.3) is 11.8 Å². The van der Waals surface area contributed by atoms with Gasteiger partial charge in [-0.1, -0.05) is 17.7 Å². The molecule has 0 unspecified atom stereocenters. The molecule has 0 atom stereocenters. The summed E-state index contributed by atoms with van der Waals surface area (Å²) in [4.78, 5) is 34.7. The highest BCUT2D eigenvalue weighted by molar-refractivity contribution is 6.50. The number of carbonyl (C=O) groups excluding carboxylic acids is 2. The molecular formula is C26H21ClN6O2. The topological polar surface area (TPSA) is 86.7 Å². The lowest BCUT2D eigenvalue weighted by molar-refractivity contribution is -0.122. The molecule has 1 aromatic carbocycles. The molecule has 0 saturated carbocycles. The molecule has 6 rings (SSSR count). The van der Waals surface area contributed by atoms with Crippen LogP contribution in [0.4, 0.5) is 0 Å². The van der Waals surface area contributed by atoms with Gasteiger partial charge in [-0.15, -0.1) is 0 Å². The number of nitrogens with zero attached hydrogens (tertiary/aromatic N) is 5. The molecule has 0 fully saturated rings. The smallest absolute Gasteiger partial charge is 0.259 e. The number of rotatable bonds is 6. The normalized spacial score (nSPS) is 14.0. The van der Waals surface area contributed by atoms with Crippen LogP contribution in [0.5, 0.6) is 0 Å². The van der Waals surface area contributed by atoms with E-state index in [-0.39, 0.29) is 0 Å². The average molecular weight is 485 g/mol. The van der Waals surface area contributed by atoms with Crippen molar-refractivity contribution in [1.29, 1.82) is 0 Å². The van der Waals surface area contributed by atoms with Gasteiger partial charge in [-0.05, 0) is 30.7 Å². The third kappa shape index (κ3) is 3.54. The van der Waals surface area contributed by atoms with E-state index in [0.717, 1.165) is 34.9 Å². The van der Waals surface area contributed by atoms with Crippen molar-refractivity contribution in [2.75, 3.05) is 0 Å². The van der Waals surface area contributed by atoms with E-state index in [0.29, 0.717) is 33.8 Å². The predicted molar refractivity (Wildman–Crippen MR) is 134 cm³/mol. The summed E-state index contributed by atoms with van der Waals surface area (Å²) in [6, 6.07) is 9.35. The van der Waals surface area contributed by atoms with E-state index in [1.807, 2.05) is 59.0 Å². The first-order valence-corrected chi connectivity index (χ1v) is 11.6. The minimum absolute atomic E-state index is 0.362. The third-order valence-corrected chi connectivity index (χ3v) is 6.66. The Hall–Kier alpha value is -4.17. The van der Waals surface area contributed by atoms with Gasteiger partial charge in [0.2, 0.25) is 0 Å². The van der Waals surface area contributed by atoms with Crippen LogP contribution in [0, 0.1) is 0 Å². The monoisotopic (exact) mass is 484 g/mol. The Labute approximate surface area is 205 Å². The second-order valence-corrected chi connectivity index (χ2v) is 9.05. The van der Waals surface area contributed by atoms with Crippen LogP contribution in [0.1, 0.15) is 17.5 Å². The summed E-state index contributed by atoms with van der Waals surface area (Å²) >= 11 is 6.34. The molecule has 9 heteroatoms. The molecule has 0 aliphatic carbocycles. The Morgan fingerprint density at radius 3 is 2.54 bits per heavy atom. The van der Waals surface area contributed by atoms with Crippen LogP contribution in [-0.2, 0) is 29.7 Å². The number of hydrogen-bond acceptors (Lipinski definition) is 4. The van der Waals surface area contributed by atoms with E-state index in [9.17, 15) is 9.59 Å². The van der Waals surface area contributed by atoms with Crippen molar-refractivity contribution in [3.05, 3.63) is 83.8 Å². The van der Waals surface area contributed by atoms with Crippen molar-refractivity contribution in [2.45, 2.75) is 19.5 Å². The lowest BCUT2D eigenvalue weighted by Crippen LogP contribution is -2.22. The first-order chi connectivity index (χ1) is 17.0. The van der Waals surface area contributed by atoms with Gasteiger partial charge in [-0.2, -0.15) is 0 Å². The van der Waals surface area contributed by atoms with Crippen LogP contribution in [0.2, 0.25) is 5.02 Å². The predicted octanol–water partition coefficient (Wildman–Crippen LogP) is 4.04. The molecule has 2 amide bonds. The van der Waals surface area contributed by atoms with E-state index >= 15 is 0 Å². The van der Waals surface area contributed by atoms with Crippen molar-refractivity contribution < 1.29 is 9.59 Å². The van der Waals surface area contributed by atoms with Crippen molar-refractivity contribution >= 4 is 56.5 Å². The fourth-order valence-corrected chi connectivity index (χ4v) is 5.04. The number of pyridine rings is 1. The van der Waals surface area contributed by atoms with E-state index < -0.39 is 11.8 Å². The molecule has 8 nitrogen and oxygen atoms in total. The van der Waals surface area contributed by atoms with Crippen molar-refractivity contribution in [2.24, 2.45) is 7.05 Å². The number of aromatic nitrogens is 5. The fourth-order valence-electron chi connectivity index (χ4n) is 4.87. The van der Waals surface area contributed by atoms with Gasteiger partial charge in [-0.3, -0.25) is 14.9 Å². The molecule has 4 aromatic heterocycles. The van der Waals surface area contributed by atoms with Crippen molar-refractivity contribution in [1.82, 2.24) is 29.0 Å². The third-order valence-electron chi connectivity index (χ3n) is 6.42. The number of aryl methyl sites for hydroxylation is 3. The van der Waals surface area contributed by atoms with Gasteiger partial charge in [0.05, 0.1) is 23.0 Å². The van der Waals surface area contributed by atoms with Gasteiger partial charge in [0, 0.05) is 78.0 Å². The van der Waals surface area contributed by atoms with Crippen molar-refractivity contribution in [3.63, 3.8) is 0 Å². The maximum Gasteiger partial charge on any atom is 0.259 e. The van der Waals surface area contributed by atoms with Crippen LogP contribution in [0.15, 0.2) is 67.6 Å². The molecule has 1 aliphatic heterocycles. The number of fused-ring (bicyclic) bond motifs is 2. The highest BCUT2D eigenvalue weighted by Crippen LogP contribution is 2.39. The van der Waals surface area contributed by atoms with Gasteiger partial charge >= 0.3 is 0 Å². The van der Waals surface area contributed by atoms with Gasteiger partial charge in [0.15, 0.2) is 0 Å². The molecule has 1 N–H and O–H groups in total. The number of halogens is 1. The first kappa shape index (κ1) is 21.4. The standard InChI is InChI=1S/C26H21ClN6O2/c1-31-13-19(18-4-2-7-29-24(18)31)22-23(26(35)30-25(22)34)20-14-33(10-3-9-32-11-8-28-15-32)21-12-16(27)5-6-17(20)21/h2,4-8,11-15H,3,9-10H2,1H3,(H,30,34,35). The van der Waals surface area contributed by atoms with Crippen LogP contribution in [0.3, 0.4) is 0 Å². The van der Waals surface area contributed by atoms with E-state index in [1.165, 1.54) is 0 Å². The number of benzene rings is 1. The highest BCUT2D eigenvalue weighted by atomic mass is 35.5. The largest absolute Gasteiger partial charge is 0.347 e. The van der Waals surface area contributed by atoms with E-state index in [4.69, 9.17) is 11.6 Å². The number of imide groups is 1. The molecule has 174 valence electrons. The maximum absolute atomic E-state index is 13.1. The summed E-state index contributed by atoms with van der Waals surface area (Å²) in [6.45, 7) is 1.52. The van der Waals surface area contributed by atoms with Gasteiger partial charge < -0.3 is 13.7 Å². The Morgan fingerprint density at radius 1 is 0.971 bits per heavy atom. The molecular weight excluding hydrogens is 464 g/mol. The second kappa shape index (κ2) is 8.25. The summed E-state index contributed by atoms with van der Waals surface area (Å²) in [7, 11) is 1.88. The Bertz CT molecular complexity index is 1660. The summed E-state index contributed by atoms with van der Waals surface area (Å²) in [5.74, 6) is -0.811. The van der Waals surface area contributed by atoms with E-state index in [2.05, 4.69) is 19.9 Å². The van der Waals surface area contributed by atoms with Crippen molar-refractivity contribution in [3.8, 4) is 0 Å². The van der Waals surface area contributed by atoms with Gasteiger partial charge in [0.1, 0.15) is 5.65 Å². The maximum atomic E-state index is 13.1. The molecule has 5 aromatic rings. The fraction of sp³-hybridized carbons (Fsp3) is 0.154. The molecule has 1 aliphatic rings. The zero-order chi connectivity index (χ0) is 24.1. The number of carbonyl (C=O) groups is 2. The van der Waals surface area contributed by atoms with Crippen LogP contribution < -0.4 is 5.32 Å². The molecule has 0 spiro atoms. The number of hydrogen-bond donors (Lipinski definition) is 1. The summed E-state index contributed by atoms with van der Waals surface area (Å²) in [5, 5.41) is 4.81. The summed E-state index contributed by atoms with van der Waals surface area (Å²) in [6.07, 6.45) is 11.9. The molecule has 0 bridgehead atoms. The van der Waals surface area contributed by atoms with E-state index in [1.54, 1.807) is 24.8 Å². The lowest BCUT2D eigenvalue weighted by Gasteiger charge is -2.06. The molecule has 0 radical (unpaired) electrons. The summed E-state index contributed by atoms with van der Waals surface area (Å²) in [5.41, 5.74) is 3.78. The first-order valence-electron chi connectivity index (χ1n) is 11.3. The minimum atomic E-state index is -0.406. The molecule has 5 heterocycles. The van der Waals surface area contributed by atoms with Crippen LogP contribution >= 0.6 is 11.6 Å². The Kier molecular flexibility index (Phi) is 5.04. The second-order valence-electron chi connectivity index (χ2n) is 8.61. The number of nitrogens with one attached hydrogen (secondary N) is 1.